The molecule has 1 saturated heterocycles. The Morgan fingerprint density at radius 3 is 2.44 bits per heavy atom. The molecule has 0 aromatic heterocycles. The van der Waals surface area contributed by atoms with Crippen molar-refractivity contribution in [1.82, 2.24) is 5.32 Å². The van der Waals surface area contributed by atoms with E-state index in [4.69, 9.17) is 16.3 Å². The molecule has 0 saturated carbocycles. The minimum Gasteiger partial charge on any atom is -0.487 e. The number of carbonyl (C=O) groups is 1. The van der Waals surface area contributed by atoms with Crippen LogP contribution in [0.25, 0.3) is 0 Å². The Morgan fingerprint density at radius 1 is 1.06 bits per heavy atom. The van der Waals surface area contributed by atoms with Crippen LogP contribution in [-0.2, 0) is 16.9 Å². The molecule has 2 aliphatic heterocycles. The quantitative estimate of drug-likeness (QED) is 0.372. The lowest BCUT2D eigenvalue weighted by atomic mass is 9.78. The van der Waals surface area contributed by atoms with Crippen LogP contribution in [0.5, 0.6) is 5.75 Å². The van der Waals surface area contributed by atoms with Crippen molar-refractivity contribution in [2.75, 3.05) is 5.32 Å². The Bertz CT molecular complexity index is 1380. The summed E-state index contributed by atoms with van der Waals surface area (Å²) in [7, 11) is 0. The van der Waals surface area contributed by atoms with Gasteiger partial charge in [-0.1, -0.05) is 35.9 Å². The summed E-state index contributed by atoms with van der Waals surface area (Å²) in [5, 5.41) is 29.5. The fraction of sp³-hybridized carbons (Fsp3) is 0.240. The summed E-state index contributed by atoms with van der Waals surface area (Å²) in [5.41, 5.74) is 0.927. The van der Waals surface area contributed by atoms with Crippen LogP contribution in [0.3, 0.4) is 0 Å². The number of carbonyl (C=O) groups excluding carboxylic acids is 1. The largest absolute Gasteiger partial charge is 0.487 e. The number of nitrogens with zero attached hydrogens (tertiary/aromatic N) is 2. The Kier molecular flexibility index (Phi) is 5.85. The molecule has 184 valence electrons. The Balaban J connectivity index is 1.42. The topological polar surface area (TPSA) is 137 Å². The molecule has 2 heterocycles. The van der Waals surface area contributed by atoms with E-state index in [1.165, 1.54) is 12.1 Å². The molecule has 0 radical (unpaired) electrons. The molecule has 0 aliphatic carbocycles. The van der Waals surface area contributed by atoms with Crippen LogP contribution in [0, 0.1) is 20.2 Å². The third-order valence-electron chi connectivity index (χ3n) is 6.85. The maximum absolute atomic E-state index is 13.1. The number of benzene rings is 3. The molecule has 0 unspecified atom stereocenters. The first-order valence-corrected chi connectivity index (χ1v) is 11.6. The Hall–Kier alpha value is -4.02. The lowest BCUT2D eigenvalue weighted by Gasteiger charge is -2.25. The maximum atomic E-state index is 13.1. The maximum Gasteiger partial charge on any atom is 0.269 e. The van der Waals surface area contributed by atoms with Crippen molar-refractivity contribution in [1.29, 1.82) is 0 Å². The third-order valence-corrected chi connectivity index (χ3v) is 7.14. The molecular weight excluding hydrogens is 488 g/mol. The number of nitrogens with one attached hydrogen (secondary N) is 2. The van der Waals surface area contributed by atoms with Crippen LogP contribution in [0.2, 0.25) is 5.02 Å². The van der Waals surface area contributed by atoms with Crippen molar-refractivity contribution in [3.63, 3.8) is 0 Å². The summed E-state index contributed by atoms with van der Waals surface area (Å²) < 4.78 is 5.78. The van der Waals surface area contributed by atoms with Crippen LogP contribution >= 0.6 is 11.6 Å². The molecule has 2 aliphatic rings. The number of nitro benzene ring substituents is 1. The lowest BCUT2D eigenvalue weighted by molar-refractivity contribution is -0.532. The number of nitro groups is 2. The fourth-order valence-corrected chi connectivity index (χ4v) is 5.51. The summed E-state index contributed by atoms with van der Waals surface area (Å²) in [6.45, 7) is 1.95. The van der Waals surface area contributed by atoms with E-state index in [0.29, 0.717) is 22.6 Å². The number of non-ortho nitro benzene ring substituents is 1. The smallest absolute Gasteiger partial charge is 0.269 e. The van der Waals surface area contributed by atoms with E-state index in [1.54, 1.807) is 54.6 Å². The highest BCUT2D eigenvalue weighted by Crippen LogP contribution is 2.50. The second-order valence-corrected chi connectivity index (χ2v) is 9.31. The van der Waals surface area contributed by atoms with Crippen molar-refractivity contribution < 1.29 is 19.4 Å². The van der Waals surface area contributed by atoms with Gasteiger partial charge in [0, 0.05) is 34.3 Å². The number of fused-ring (bicyclic) bond motifs is 2. The number of hydrogen-bond acceptors (Lipinski definition) is 7. The van der Waals surface area contributed by atoms with Crippen molar-refractivity contribution in [3.8, 4) is 5.75 Å². The molecule has 3 aromatic rings. The molecule has 36 heavy (non-hydrogen) atoms. The zero-order chi connectivity index (χ0) is 25.6. The van der Waals surface area contributed by atoms with E-state index in [-0.39, 0.29) is 17.3 Å². The van der Waals surface area contributed by atoms with Gasteiger partial charge in [0.05, 0.1) is 15.9 Å². The zero-order valence-corrected chi connectivity index (χ0v) is 19.8. The van der Waals surface area contributed by atoms with Crippen LogP contribution in [0.4, 0.5) is 11.4 Å². The number of halogens is 1. The first-order valence-electron chi connectivity index (χ1n) is 11.2. The predicted molar refractivity (Wildman–Crippen MR) is 132 cm³/mol. The number of hydrogen-bond donors (Lipinski definition) is 2. The van der Waals surface area contributed by atoms with Gasteiger partial charge in [-0.2, -0.15) is 0 Å². The number of rotatable bonds is 6. The van der Waals surface area contributed by atoms with E-state index in [1.807, 2.05) is 6.92 Å². The van der Waals surface area contributed by atoms with Gasteiger partial charge >= 0.3 is 0 Å². The standard InChI is InChI=1S/C25H21ClN4O6/c1-14-22(23(30(34)35)25(28-14)18-4-2-3-5-20(18)27-24(25)31)16-8-11-21(19(26)12-16)36-13-15-6-9-17(10-7-15)29(32)33/h2-12,14,22-23,28H,13H2,1H3,(H,27,31)/t14-,22+,23+,25-/m0/s1. The highest BCUT2D eigenvalue weighted by molar-refractivity contribution is 6.32. The lowest BCUT2D eigenvalue weighted by Crippen LogP contribution is -2.54. The number of amides is 1. The molecule has 1 amide bonds. The van der Waals surface area contributed by atoms with Gasteiger partial charge in [0.15, 0.2) is 5.54 Å². The second kappa shape index (κ2) is 8.89. The highest BCUT2D eigenvalue weighted by Gasteiger charge is 2.67. The van der Waals surface area contributed by atoms with E-state index in [2.05, 4.69) is 10.6 Å². The molecular formula is C25H21ClN4O6. The van der Waals surface area contributed by atoms with Gasteiger partial charge in [0.1, 0.15) is 12.4 Å². The molecule has 0 bridgehead atoms. The number of ether oxygens (including phenoxy) is 1. The van der Waals surface area contributed by atoms with Crippen LogP contribution in [0.1, 0.15) is 29.5 Å². The summed E-state index contributed by atoms with van der Waals surface area (Å²) in [4.78, 5) is 35.5. The zero-order valence-electron chi connectivity index (χ0n) is 19.0. The summed E-state index contributed by atoms with van der Waals surface area (Å²) in [6, 6.07) is 16.3. The first-order chi connectivity index (χ1) is 17.2. The highest BCUT2D eigenvalue weighted by atomic mass is 35.5. The summed E-state index contributed by atoms with van der Waals surface area (Å²) in [5.74, 6) is -0.722. The van der Waals surface area contributed by atoms with Gasteiger partial charge in [-0.3, -0.25) is 30.3 Å². The van der Waals surface area contributed by atoms with E-state index >= 15 is 0 Å². The van der Waals surface area contributed by atoms with Crippen LogP contribution < -0.4 is 15.4 Å². The average Bonchev–Trinajstić information content (AvgIpc) is 3.32. The van der Waals surface area contributed by atoms with Crippen molar-refractivity contribution >= 4 is 28.9 Å². The predicted octanol–water partition coefficient (Wildman–Crippen LogP) is 4.40. The van der Waals surface area contributed by atoms with Gasteiger partial charge in [0.2, 0.25) is 0 Å². The average molecular weight is 509 g/mol. The monoisotopic (exact) mass is 508 g/mol. The Morgan fingerprint density at radius 2 is 1.78 bits per heavy atom. The van der Waals surface area contributed by atoms with E-state index in [9.17, 15) is 25.0 Å². The van der Waals surface area contributed by atoms with Gasteiger partial charge in [-0.15, -0.1) is 0 Å². The molecule has 4 atom stereocenters. The first kappa shape index (κ1) is 23.7. The molecule has 5 rings (SSSR count). The van der Waals surface area contributed by atoms with Gasteiger partial charge < -0.3 is 10.1 Å². The van der Waals surface area contributed by atoms with Crippen LogP contribution in [-0.4, -0.2) is 27.8 Å². The van der Waals surface area contributed by atoms with Crippen molar-refractivity contribution in [2.24, 2.45) is 0 Å². The third kappa shape index (κ3) is 3.75. The van der Waals surface area contributed by atoms with Gasteiger partial charge in [-0.05, 0) is 48.4 Å². The Labute approximate surface area is 210 Å². The molecule has 1 fully saturated rings. The van der Waals surface area contributed by atoms with Gasteiger partial charge in [0.25, 0.3) is 17.6 Å². The molecule has 3 aromatic carbocycles. The van der Waals surface area contributed by atoms with E-state index < -0.39 is 39.3 Å². The minimum atomic E-state index is -1.50. The normalized spacial score (nSPS) is 24.4. The van der Waals surface area contributed by atoms with Crippen LogP contribution in [0.15, 0.2) is 66.7 Å². The number of para-hydroxylation sites is 1. The van der Waals surface area contributed by atoms with Crippen molar-refractivity contribution in [3.05, 3.63) is 109 Å². The molecule has 1 spiro atoms. The SMILES string of the molecule is C[C@@H]1N[C@]2(C(=O)Nc3ccccc32)[C@H]([N+](=O)[O-])[C@H]1c1ccc(OCc2ccc([N+](=O)[O-])cc2)c(Cl)c1. The molecule has 2 N–H and O–H groups in total. The summed E-state index contributed by atoms with van der Waals surface area (Å²) in [6.07, 6.45) is 0. The summed E-state index contributed by atoms with van der Waals surface area (Å²) >= 11 is 6.49. The molecule has 11 heteroatoms. The van der Waals surface area contributed by atoms with E-state index in [0.717, 1.165) is 5.56 Å². The minimum absolute atomic E-state index is 0.0166. The fourth-order valence-electron chi connectivity index (χ4n) is 5.27. The van der Waals surface area contributed by atoms with Gasteiger partial charge in [-0.25, -0.2) is 0 Å². The van der Waals surface area contributed by atoms with Crippen molar-refractivity contribution in [2.45, 2.75) is 37.1 Å². The molecule has 10 nitrogen and oxygen atoms in total. The number of anilines is 1. The second-order valence-electron chi connectivity index (χ2n) is 8.90.